The highest BCUT2D eigenvalue weighted by Crippen LogP contribution is 2.44. The van der Waals surface area contributed by atoms with Crippen molar-refractivity contribution in [2.75, 3.05) is 18.6 Å². The summed E-state index contributed by atoms with van der Waals surface area (Å²) in [5.41, 5.74) is 2.25. The number of hydrogen-bond donors (Lipinski definition) is 1. The van der Waals surface area contributed by atoms with Crippen LogP contribution in [-0.4, -0.2) is 30.5 Å². The van der Waals surface area contributed by atoms with Crippen molar-refractivity contribution in [3.63, 3.8) is 0 Å². The molecule has 3 aromatic rings. The molecule has 1 fully saturated rings. The first kappa shape index (κ1) is 28.5. The number of carbonyl (C=O) groups excluding carboxylic acids is 2. The number of carbonyl (C=O) groups is 2. The Hall–Kier alpha value is -3.48. The Labute approximate surface area is 238 Å². The number of rotatable bonds is 7. The molecule has 204 valence electrons. The molecule has 0 saturated carbocycles. The number of hydrogen-bond acceptors (Lipinski definition) is 5. The molecule has 1 unspecified atom stereocenters. The summed E-state index contributed by atoms with van der Waals surface area (Å²) in [6.07, 6.45) is 0.821. The molecule has 4 rings (SSSR count). The average molecular weight is 568 g/mol. The number of anilines is 1. The minimum atomic E-state index is -0.903. The van der Waals surface area contributed by atoms with E-state index < -0.39 is 17.7 Å². The molecular weight excluding hydrogens is 537 g/mol. The lowest BCUT2D eigenvalue weighted by molar-refractivity contribution is -0.132. The van der Waals surface area contributed by atoms with Gasteiger partial charge in [-0.1, -0.05) is 81.2 Å². The number of aliphatic hydroxyl groups excluding tert-OH is 1. The van der Waals surface area contributed by atoms with Crippen molar-refractivity contribution in [2.24, 2.45) is 0 Å². The Morgan fingerprint density at radius 2 is 1.64 bits per heavy atom. The molecule has 1 amide bonds. The average Bonchev–Trinajstić information content (AvgIpc) is 3.16. The molecule has 0 bridgehead atoms. The van der Waals surface area contributed by atoms with Gasteiger partial charge in [0.05, 0.1) is 35.4 Å². The molecule has 0 radical (unpaired) electrons. The van der Waals surface area contributed by atoms with Gasteiger partial charge in [-0.05, 0) is 47.2 Å². The summed E-state index contributed by atoms with van der Waals surface area (Å²) >= 11 is 12.7. The number of benzene rings is 3. The van der Waals surface area contributed by atoms with Crippen molar-refractivity contribution in [1.29, 1.82) is 0 Å². The van der Waals surface area contributed by atoms with Crippen LogP contribution in [0.4, 0.5) is 5.69 Å². The van der Waals surface area contributed by atoms with Gasteiger partial charge in [0.15, 0.2) is 5.75 Å². The van der Waals surface area contributed by atoms with E-state index in [9.17, 15) is 14.7 Å². The van der Waals surface area contributed by atoms with Crippen LogP contribution in [0.25, 0.3) is 5.76 Å². The van der Waals surface area contributed by atoms with Crippen molar-refractivity contribution < 1.29 is 24.2 Å². The van der Waals surface area contributed by atoms with Crippen LogP contribution in [0, 0.1) is 0 Å². The Bertz CT molecular complexity index is 1420. The van der Waals surface area contributed by atoms with Crippen LogP contribution in [0.2, 0.25) is 10.0 Å². The molecule has 6 nitrogen and oxygen atoms in total. The smallest absolute Gasteiger partial charge is 0.300 e. The van der Waals surface area contributed by atoms with Gasteiger partial charge >= 0.3 is 0 Å². The molecule has 0 spiro atoms. The van der Waals surface area contributed by atoms with E-state index in [1.54, 1.807) is 24.3 Å². The summed E-state index contributed by atoms with van der Waals surface area (Å²) in [7, 11) is 1.43. The molecule has 1 aliphatic heterocycles. The summed E-state index contributed by atoms with van der Waals surface area (Å²) in [6, 6.07) is 16.7. The standard InChI is InChI=1S/C31H31Cl2NO5/c1-6-14-39-22-9-7-8-21(17-22)34-26(18-10-12-20(13-11-18)31(2,3)4)25(28(36)30(34)37)27(35)19-15-23(32)29(38-5)24(33)16-19/h7-13,15-17,26,35H,6,14H2,1-5H3/b27-25+. The summed E-state index contributed by atoms with van der Waals surface area (Å²) in [5.74, 6) is -1.15. The third-order valence-corrected chi connectivity index (χ3v) is 7.14. The van der Waals surface area contributed by atoms with Crippen LogP contribution in [-0.2, 0) is 15.0 Å². The molecular formula is C31H31Cl2NO5. The topological polar surface area (TPSA) is 76.1 Å². The maximum atomic E-state index is 13.5. The lowest BCUT2D eigenvalue weighted by Gasteiger charge is -2.27. The SMILES string of the molecule is CCCOc1cccc(N2C(=O)C(=O)/C(=C(/O)c3cc(Cl)c(OC)c(Cl)c3)C2c2ccc(C(C)(C)C)cc2)c1. The Morgan fingerprint density at radius 3 is 2.21 bits per heavy atom. The fourth-order valence-electron chi connectivity index (χ4n) is 4.57. The summed E-state index contributed by atoms with van der Waals surface area (Å²) < 4.78 is 11.0. The number of aliphatic hydroxyl groups is 1. The molecule has 1 heterocycles. The quantitative estimate of drug-likeness (QED) is 0.180. The zero-order valence-electron chi connectivity index (χ0n) is 22.5. The van der Waals surface area contributed by atoms with Crippen molar-refractivity contribution in [2.45, 2.75) is 45.6 Å². The van der Waals surface area contributed by atoms with Gasteiger partial charge in [0.2, 0.25) is 0 Å². The van der Waals surface area contributed by atoms with Crippen LogP contribution in [0.1, 0.15) is 56.8 Å². The number of ketones is 1. The monoisotopic (exact) mass is 567 g/mol. The van der Waals surface area contributed by atoms with Crippen molar-refractivity contribution >= 4 is 46.3 Å². The first-order valence-corrected chi connectivity index (χ1v) is 13.4. The lowest BCUT2D eigenvalue weighted by atomic mass is 9.85. The fourth-order valence-corrected chi connectivity index (χ4v) is 5.21. The molecule has 0 aromatic heterocycles. The maximum Gasteiger partial charge on any atom is 0.300 e. The van der Waals surface area contributed by atoms with E-state index in [2.05, 4.69) is 20.8 Å². The second-order valence-electron chi connectivity index (χ2n) is 10.4. The van der Waals surface area contributed by atoms with Gasteiger partial charge in [-0.2, -0.15) is 0 Å². The largest absolute Gasteiger partial charge is 0.507 e. The van der Waals surface area contributed by atoms with Crippen molar-refractivity contribution in [1.82, 2.24) is 0 Å². The first-order valence-electron chi connectivity index (χ1n) is 12.7. The molecule has 0 aliphatic carbocycles. The molecule has 1 aliphatic rings. The Morgan fingerprint density at radius 1 is 1.00 bits per heavy atom. The van der Waals surface area contributed by atoms with E-state index in [0.29, 0.717) is 23.6 Å². The van der Waals surface area contributed by atoms with Crippen LogP contribution < -0.4 is 14.4 Å². The van der Waals surface area contributed by atoms with Gasteiger partial charge < -0.3 is 14.6 Å². The van der Waals surface area contributed by atoms with Crippen LogP contribution in [0.3, 0.4) is 0 Å². The van der Waals surface area contributed by atoms with Crippen LogP contribution >= 0.6 is 23.2 Å². The van der Waals surface area contributed by atoms with Gasteiger partial charge in [0.25, 0.3) is 11.7 Å². The minimum Gasteiger partial charge on any atom is -0.507 e. The molecule has 8 heteroatoms. The van der Waals surface area contributed by atoms with E-state index >= 15 is 0 Å². The third-order valence-electron chi connectivity index (χ3n) is 6.58. The number of nitrogens with zero attached hydrogens (tertiary/aromatic N) is 1. The molecule has 39 heavy (non-hydrogen) atoms. The Kier molecular flexibility index (Phi) is 8.28. The minimum absolute atomic E-state index is 0.0688. The molecule has 1 atom stereocenters. The zero-order valence-corrected chi connectivity index (χ0v) is 24.1. The molecule has 1 saturated heterocycles. The van der Waals surface area contributed by atoms with Crippen LogP contribution in [0.15, 0.2) is 66.2 Å². The van der Waals surface area contributed by atoms with Gasteiger partial charge in [-0.15, -0.1) is 0 Å². The van der Waals surface area contributed by atoms with Gasteiger partial charge in [0.1, 0.15) is 11.5 Å². The zero-order chi connectivity index (χ0) is 28.5. The predicted octanol–water partition coefficient (Wildman–Crippen LogP) is 7.71. The molecule has 1 N–H and O–H groups in total. The summed E-state index contributed by atoms with van der Waals surface area (Å²) in [5, 5.41) is 11.8. The number of ether oxygens (including phenoxy) is 2. The number of methoxy groups -OCH3 is 1. The highest BCUT2D eigenvalue weighted by atomic mass is 35.5. The highest BCUT2D eigenvalue weighted by Gasteiger charge is 2.47. The normalized spacial score (nSPS) is 17.0. The van der Waals surface area contributed by atoms with Gasteiger partial charge in [0, 0.05) is 17.3 Å². The van der Waals surface area contributed by atoms with E-state index in [4.69, 9.17) is 32.7 Å². The maximum absolute atomic E-state index is 13.5. The van der Waals surface area contributed by atoms with Gasteiger partial charge in [-0.25, -0.2) is 0 Å². The first-order chi connectivity index (χ1) is 18.5. The van der Waals surface area contributed by atoms with Crippen molar-refractivity contribution in [3.8, 4) is 11.5 Å². The second kappa shape index (κ2) is 11.3. The summed E-state index contributed by atoms with van der Waals surface area (Å²) in [4.78, 5) is 28.5. The lowest BCUT2D eigenvalue weighted by Crippen LogP contribution is -2.29. The summed E-state index contributed by atoms with van der Waals surface area (Å²) in [6.45, 7) is 8.83. The third kappa shape index (κ3) is 5.63. The van der Waals surface area contributed by atoms with Crippen molar-refractivity contribution in [3.05, 3.63) is 93.0 Å². The van der Waals surface area contributed by atoms with E-state index in [-0.39, 0.29) is 38.1 Å². The fraction of sp³-hybridized carbons (Fsp3) is 0.290. The number of amides is 1. The highest BCUT2D eigenvalue weighted by molar-refractivity contribution is 6.51. The number of halogens is 2. The van der Waals surface area contributed by atoms with E-state index in [1.807, 2.05) is 31.2 Å². The van der Waals surface area contributed by atoms with E-state index in [1.165, 1.54) is 24.1 Å². The Balaban J connectivity index is 1.92. The van der Waals surface area contributed by atoms with Gasteiger partial charge in [-0.3, -0.25) is 14.5 Å². The number of Topliss-reactive ketones (excluding diaryl/α,β-unsaturated/α-hetero) is 1. The predicted molar refractivity (Wildman–Crippen MR) is 155 cm³/mol. The van der Waals surface area contributed by atoms with E-state index in [0.717, 1.165) is 12.0 Å². The second-order valence-corrected chi connectivity index (χ2v) is 11.2. The van der Waals surface area contributed by atoms with Crippen LogP contribution in [0.5, 0.6) is 11.5 Å². The molecule has 3 aromatic carbocycles.